The van der Waals surface area contributed by atoms with E-state index in [1.165, 1.54) is 11.3 Å². The Bertz CT molecular complexity index is 609. The average Bonchev–Trinajstić information content (AvgIpc) is 2.91. The van der Waals surface area contributed by atoms with Crippen molar-refractivity contribution in [2.24, 2.45) is 0 Å². The monoisotopic (exact) mass is 287 g/mol. The van der Waals surface area contributed by atoms with E-state index in [9.17, 15) is 0 Å². The molecule has 0 saturated heterocycles. The molecule has 0 amide bonds. The summed E-state index contributed by atoms with van der Waals surface area (Å²) in [6, 6.07) is 8.27. The van der Waals surface area contributed by atoms with Crippen LogP contribution in [0.5, 0.6) is 0 Å². The zero-order valence-electron chi connectivity index (χ0n) is 9.10. The number of hydrogen-bond acceptors (Lipinski definition) is 2. The predicted molar refractivity (Wildman–Crippen MR) is 67.5 cm³/mol. The van der Waals surface area contributed by atoms with Crippen LogP contribution in [0.4, 0.5) is 0 Å². The highest BCUT2D eigenvalue weighted by Crippen LogP contribution is 2.35. The topological polar surface area (TPSA) is 41.6 Å². The molecule has 1 atom stereocenters. The quantitative estimate of drug-likeness (QED) is 0.809. The third-order valence-electron chi connectivity index (χ3n) is 3.24. The Kier molecular flexibility index (Phi) is 2.49. The maximum atomic E-state index is 8.86. The number of aromatic nitrogens is 2. The number of nitriles is 1. The van der Waals surface area contributed by atoms with Gasteiger partial charge in [-0.15, -0.1) is 0 Å². The van der Waals surface area contributed by atoms with E-state index >= 15 is 0 Å². The second kappa shape index (κ2) is 4.01. The summed E-state index contributed by atoms with van der Waals surface area (Å²) in [5, 5.41) is 8.86. The molecule has 1 aliphatic rings. The summed E-state index contributed by atoms with van der Waals surface area (Å²) in [6.07, 6.45) is 5.98. The first kappa shape index (κ1) is 10.5. The van der Waals surface area contributed by atoms with Gasteiger partial charge in [0.15, 0.2) is 0 Å². The van der Waals surface area contributed by atoms with Gasteiger partial charge in [0.25, 0.3) is 0 Å². The molecule has 0 aliphatic carbocycles. The summed E-state index contributed by atoms with van der Waals surface area (Å²) in [7, 11) is 0. The molecular formula is C13H10BrN3. The Morgan fingerprint density at radius 3 is 3.12 bits per heavy atom. The first-order valence-corrected chi connectivity index (χ1v) is 6.29. The van der Waals surface area contributed by atoms with E-state index in [0.29, 0.717) is 11.6 Å². The maximum Gasteiger partial charge on any atom is 0.0992 e. The van der Waals surface area contributed by atoms with Crippen molar-refractivity contribution >= 4 is 15.9 Å². The molecule has 0 spiro atoms. The fourth-order valence-electron chi connectivity index (χ4n) is 2.40. The Labute approximate surface area is 108 Å². The molecule has 1 aromatic carbocycles. The predicted octanol–water partition coefficient (Wildman–Crippen LogP) is 3.05. The van der Waals surface area contributed by atoms with E-state index in [-0.39, 0.29) is 0 Å². The van der Waals surface area contributed by atoms with Gasteiger partial charge in [-0.05, 0) is 30.5 Å². The highest BCUT2D eigenvalue weighted by molar-refractivity contribution is 9.10. The Morgan fingerprint density at radius 2 is 2.35 bits per heavy atom. The summed E-state index contributed by atoms with van der Waals surface area (Å²) in [5.41, 5.74) is 3.19. The summed E-state index contributed by atoms with van der Waals surface area (Å²) >= 11 is 3.55. The Balaban J connectivity index is 2.05. The van der Waals surface area contributed by atoms with Crippen molar-refractivity contribution in [3.63, 3.8) is 0 Å². The van der Waals surface area contributed by atoms with Crippen molar-refractivity contribution in [1.82, 2.24) is 9.55 Å². The summed E-state index contributed by atoms with van der Waals surface area (Å²) in [6.45, 7) is 0. The minimum atomic E-state index is 0.342. The molecular weight excluding hydrogens is 278 g/mol. The van der Waals surface area contributed by atoms with Crippen LogP contribution in [0.3, 0.4) is 0 Å². The number of halogens is 1. The highest BCUT2D eigenvalue weighted by atomic mass is 79.9. The number of fused-ring (bicyclic) bond motifs is 1. The standard InChI is InChI=1S/C13H10BrN3/c14-12-5-9(6-15)1-3-11(12)13-4-2-10-7-16-8-17(10)13/h1,3,5,7-8,13H,2,4H2/t13-/m1/s1. The molecule has 2 aromatic rings. The molecule has 0 saturated carbocycles. The van der Waals surface area contributed by atoms with Crippen LogP contribution >= 0.6 is 15.9 Å². The first-order valence-electron chi connectivity index (χ1n) is 5.50. The number of nitrogens with zero attached hydrogens (tertiary/aromatic N) is 3. The van der Waals surface area contributed by atoms with Crippen LogP contribution in [0.1, 0.15) is 29.3 Å². The van der Waals surface area contributed by atoms with Crippen LogP contribution in [-0.2, 0) is 6.42 Å². The lowest BCUT2D eigenvalue weighted by molar-refractivity contribution is 0.613. The maximum absolute atomic E-state index is 8.86. The number of aryl methyl sites for hydroxylation is 1. The molecule has 0 radical (unpaired) electrons. The van der Waals surface area contributed by atoms with E-state index in [1.54, 1.807) is 0 Å². The average molecular weight is 288 g/mol. The molecule has 0 fully saturated rings. The van der Waals surface area contributed by atoms with Gasteiger partial charge >= 0.3 is 0 Å². The van der Waals surface area contributed by atoms with Crippen molar-refractivity contribution in [3.05, 3.63) is 52.0 Å². The molecule has 3 nitrogen and oxygen atoms in total. The van der Waals surface area contributed by atoms with Gasteiger partial charge in [0, 0.05) is 16.4 Å². The normalized spacial score (nSPS) is 17.8. The van der Waals surface area contributed by atoms with Gasteiger partial charge in [-0.3, -0.25) is 0 Å². The lowest BCUT2D eigenvalue weighted by atomic mass is 10.0. The number of benzene rings is 1. The smallest absolute Gasteiger partial charge is 0.0992 e. The lowest BCUT2D eigenvalue weighted by Gasteiger charge is -2.15. The van der Waals surface area contributed by atoms with Gasteiger partial charge in [-0.1, -0.05) is 22.0 Å². The van der Waals surface area contributed by atoms with Gasteiger partial charge in [0.05, 0.1) is 24.0 Å². The van der Waals surface area contributed by atoms with Gasteiger partial charge < -0.3 is 4.57 Å². The molecule has 0 N–H and O–H groups in total. The number of rotatable bonds is 1. The number of imidazole rings is 1. The van der Waals surface area contributed by atoms with Crippen molar-refractivity contribution in [2.45, 2.75) is 18.9 Å². The van der Waals surface area contributed by atoms with Gasteiger partial charge in [0.2, 0.25) is 0 Å². The Hall–Kier alpha value is -1.60. The minimum Gasteiger partial charge on any atom is -0.327 e. The van der Waals surface area contributed by atoms with E-state index in [1.807, 2.05) is 30.7 Å². The van der Waals surface area contributed by atoms with Crippen LogP contribution in [0.25, 0.3) is 0 Å². The van der Waals surface area contributed by atoms with E-state index in [2.05, 4.69) is 31.6 Å². The molecule has 0 unspecified atom stereocenters. The fourth-order valence-corrected chi connectivity index (χ4v) is 3.05. The van der Waals surface area contributed by atoms with Crippen molar-refractivity contribution in [2.75, 3.05) is 0 Å². The summed E-state index contributed by atoms with van der Waals surface area (Å²) in [4.78, 5) is 4.18. The molecule has 2 heterocycles. The van der Waals surface area contributed by atoms with Crippen LogP contribution in [-0.4, -0.2) is 9.55 Å². The zero-order chi connectivity index (χ0) is 11.8. The zero-order valence-corrected chi connectivity index (χ0v) is 10.7. The lowest BCUT2D eigenvalue weighted by Crippen LogP contribution is -2.05. The Morgan fingerprint density at radius 1 is 1.47 bits per heavy atom. The molecule has 1 aromatic heterocycles. The van der Waals surface area contributed by atoms with Gasteiger partial charge in [0.1, 0.15) is 0 Å². The summed E-state index contributed by atoms with van der Waals surface area (Å²) in [5.74, 6) is 0. The van der Waals surface area contributed by atoms with Crippen molar-refractivity contribution in [1.29, 1.82) is 5.26 Å². The first-order chi connectivity index (χ1) is 8.29. The second-order valence-corrected chi connectivity index (χ2v) is 5.05. The molecule has 4 heteroatoms. The highest BCUT2D eigenvalue weighted by Gasteiger charge is 2.24. The number of hydrogen-bond donors (Lipinski definition) is 0. The van der Waals surface area contributed by atoms with Gasteiger partial charge in [-0.25, -0.2) is 4.98 Å². The van der Waals surface area contributed by atoms with E-state index in [0.717, 1.165) is 17.3 Å². The summed E-state index contributed by atoms with van der Waals surface area (Å²) < 4.78 is 3.22. The van der Waals surface area contributed by atoms with Crippen LogP contribution in [0.2, 0.25) is 0 Å². The fraction of sp³-hybridized carbons (Fsp3) is 0.231. The third-order valence-corrected chi connectivity index (χ3v) is 3.93. The molecule has 17 heavy (non-hydrogen) atoms. The minimum absolute atomic E-state index is 0.342. The van der Waals surface area contributed by atoms with Crippen LogP contribution in [0.15, 0.2) is 35.2 Å². The SMILES string of the molecule is N#Cc1ccc([C@H]2CCc3cncn32)c(Br)c1. The molecule has 3 rings (SSSR count). The molecule has 84 valence electrons. The van der Waals surface area contributed by atoms with E-state index in [4.69, 9.17) is 5.26 Å². The third kappa shape index (κ3) is 1.67. The van der Waals surface area contributed by atoms with E-state index < -0.39 is 0 Å². The van der Waals surface area contributed by atoms with Gasteiger partial charge in [-0.2, -0.15) is 5.26 Å². The molecule has 0 bridgehead atoms. The van der Waals surface area contributed by atoms with Crippen LogP contribution in [0, 0.1) is 11.3 Å². The second-order valence-electron chi connectivity index (χ2n) is 4.19. The van der Waals surface area contributed by atoms with Crippen LogP contribution < -0.4 is 0 Å². The molecule has 1 aliphatic heterocycles. The van der Waals surface area contributed by atoms with Crippen molar-refractivity contribution < 1.29 is 0 Å². The van der Waals surface area contributed by atoms with Crippen molar-refractivity contribution in [3.8, 4) is 6.07 Å². The largest absolute Gasteiger partial charge is 0.327 e.